The van der Waals surface area contributed by atoms with Crippen molar-refractivity contribution < 1.29 is 9.18 Å². The van der Waals surface area contributed by atoms with Crippen molar-refractivity contribution in [1.29, 1.82) is 0 Å². The fourth-order valence-electron chi connectivity index (χ4n) is 4.59. The third-order valence-electron chi connectivity index (χ3n) is 6.38. The van der Waals surface area contributed by atoms with Crippen LogP contribution in [0.3, 0.4) is 0 Å². The second kappa shape index (κ2) is 10.3. The molecule has 8 heteroatoms. The van der Waals surface area contributed by atoms with E-state index in [4.69, 9.17) is 12.2 Å². The first-order chi connectivity index (χ1) is 17.5. The topological polar surface area (TPSA) is 62.2 Å². The highest BCUT2D eigenvalue weighted by molar-refractivity contribution is 7.80. The molecule has 1 aliphatic heterocycles. The average molecular weight is 500 g/mol. The molecular formula is C28H26FN5OS. The van der Waals surface area contributed by atoms with Gasteiger partial charge in [0.25, 0.3) is 0 Å². The normalized spacial score (nSPS) is 17.2. The van der Waals surface area contributed by atoms with Gasteiger partial charge >= 0.3 is 0 Å². The van der Waals surface area contributed by atoms with E-state index in [1.165, 1.54) is 12.1 Å². The van der Waals surface area contributed by atoms with Crippen molar-refractivity contribution in [2.45, 2.75) is 25.4 Å². The van der Waals surface area contributed by atoms with Gasteiger partial charge in [-0.2, -0.15) is 0 Å². The summed E-state index contributed by atoms with van der Waals surface area (Å²) in [6.07, 6.45) is 3.97. The molecule has 0 spiro atoms. The molecule has 1 fully saturated rings. The van der Waals surface area contributed by atoms with Gasteiger partial charge in [0.2, 0.25) is 5.91 Å². The number of carbonyl (C=O) groups is 1. The van der Waals surface area contributed by atoms with Crippen molar-refractivity contribution in [3.63, 3.8) is 0 Å². The van der Waals surface area contributed by atoms with Gasteiger partial charge in [-0.05, 0) is 79.3 Å². The van der Waals surface area contributed by atoms with Crippen LogP contribution < -0.4 is 10.6 Å². The molecule has 2 aromatic carbocycles. The Morgan fingerprint density at radius 3 is 2.58 bits per heavy atom. The number of rotatable bonds is 7. The number of nitrogens with one attached hydrogen (secondary N) is 2. The van der Waals surface area contributed by atoms with Crippen LogP contribution in [0, 0.1) is 12.7 Å². The molecule has 0 unspecified atom stereocenters. The largest absolute Gasteiger partial charge is 0.352 e. The molecule has 4 aromatic rings. The van der Waals surface area contributed by atoms with Crippen molar-refractivity contribution >= 4 is 28.9 Å². The van der Waals surface area contributed by atoms with Gasteiger partial charge in [-0.25, -0.2) is 4.39 Å². The lowest BCUT2D eigenvalue weighted by Gasteiger charge is -2.29. The van der Waals surface area contributed by atoms with Crippen molar-refractivity contribution in [3.8, 4) is 5.69 Å². The van der Waals surface area contributed by atoms with Crippen molar-refractivity contribution in [2.24, 2.45) is 0 Å². The predicted octanol–water partition coefficient (Wildman–Crippen LogP) is 5.32. The molecule has 36 heavy (non-hydrogen) atoms. The zero-order chi connectivity index (χ0) is 25.1. The zero-order valence-corrected chi connectivity index (χ0v) is 20.6. The number of pyridine rings is 1. The molecule has 0 radical (unpaired) electrons. The summed E-state index contributed by atoms with van der Waals surface area (Å²) in [4.78, 5) is 19.5. The van der Waals surface area contributed by atoms with Crippen LogP contribution in [0.4, 0.5) is 10.1 Å². The van der Waals surface area contributed by atoms with Crippen LogP contribution >= 0.6 is 12.2 Å². The van der Waals surface area contributed by atoms with Crippen molar-refractivity contribution in [2.75, 3.05) is 11.9 Å². The summed E-state index contributed by atoms with van der Waals surface area (Å²) >= 11 is 5.74. The number of benzene rings is 2. The van der Waals surface area contributed by atoms with Crippen molar-refractivity contribution in [3.05, 3.63) is 114 Å². The number of aryl methyl sites for hydroxylation is 1. The standard InChI is InChI=1S/C28H26FN5OS/c1-19-7-2-3-8-22(19)31-25(35)15-18-34-27(26(32-28(34)36)23-9-4-5-16-30-23)24-10-6-17-33(24)21-13-11-20(29)12-14-21/h2-14,16-17,26-27H,15,18H2,1H3,(H,31,35)(H,32,36)/t26-,27-/m1/s1. The minimum absolute atomic E-state index is 0.0824. The maximum Gasteiger partial charge on any atom is 0.226 e. The number of amides is 1. The molecule has 2 aromatic heterocycles. The molecule has 1 amide bonds. The molecule has 0 saturated carbocycles. The number of aromatic nitrogens is 2. The van der Waals surface area contributed by atoms with E-state index in [9.17, 15) is 9.18 Å². The van der Waals surface area contributed by atoms with E-state index in [0.29, 0.717) is 11.7 Å². The number of carbonyl (C=O) groups excluding carboxylic acids is 1. The third-order valence-corrected chi connectivity index (χ3v) is 6.74. The number of halogens is 1. The van der Waals surface area contributed by atoms with Crippen molar-refractivity contribution in [1.82, 2.24) is 19.8 Å². The molecule has 1 aliphatic rings. The fraction of sp³-hybridized carbons (Fsp3) is 0.179. The van der Waals surface area contributed by atoms with E-state index < -0.39 is 0 Å². The van der Waals surface area contributed by atoms with Gasteiger partial charge < -0.3 is 20.1 Å². The van der Waals surface area contributed by atoms with Gasteiger partial charge in [0.05, 0.1) is 17.8 Å². The summed E-state index contributed by atoms with van der Waals surface area (Å²) in [5, 5.41) is 6.98. The Hall–Kier alpha value is -4.04. The second-order valence-electron chi connectivity index (χ2n) is 8.71. The molecular weight excluding hydrogens is 473 g/mol. The van der Waals surface area contributed by atoms with Gasteiger partial charge in [-0.1, -0.05) is 24.3 Å². The lowest BCUT2D eigenvalue weighted by Crippen LogP contribution is -2.33. The highest BCUT2D eigenvalue weighted by Crippen LogP contribution is 2.39. The first kappa shape index (κ1) is 23.7. The van der Waals surface area contributed by atoms with Crippen LogP contribution in [0.2, 0.25) is 0 Å². The highest BCUT2D eigenvalue weighted by atomic mass is 32.1. The summed E-state index contributed by atoms with van der Waals surface area (Å²) in [7, 11) is 0. The van der Waals surface area contributed by atoms with E-state index in [0.717, 1.165) is 28.3 Å². The Bertz CT molecular complexity index is 1370. The van der Waals surface area contributed by atoms with Crippen LogP contribution in [0.1, 0.15) is 35.5 Å². The summed E-state index contributed by atoms with van der Waals surface area (Å²) in [5.74, 6) is -0.370. The molecule has 2 N–H and O–H groups in total. The minimum Gasteiger partial charge on any atom is -0.352 e. The number of hydrogen-bond acceptors (Lipinski definition) is 3. The molecule has 5 rings (SSSR count). The molecule has 182 valence electrons. The van der Waals surface area contributed by atoms with E-state index in [-0.39, 0.29) is 30.2 Å². The van der Waals surface area contributed by atoms with Gasteiger partial charge in [0.15, 0.2) is 5.11 Å². The summed E-state index contributed by atoms with van der Waals surface area (Å²) in [6.45, 7) is 2.39. The number of nitrogens with zero attached hydrogens (tertiary/aromatic N) is 3. The Balaban J connectivity index is 1.44. The predicted molar refractivity (Wildman–Crippen MR) is 142 cm³/mol. The SMILES string of the molecule is Cc1ccccc1NC(=O)CCN1C(=S)N[C@H](c2ccccn2)[C@H]1c1cccn1-c1ccc(F)cc1. The lowest BCUT2D eigenvalue weighted by molar-refractivity contribution is -0.116. The molecule has 2 atom stereocenters. The lowest BCUT2D eigenvalue weighted by atomic mass is 10.0. The van der Waals surface area contributed by atoms with Crippen LogP contribution in [0.25, 0.3) is 5.69 Å². The first-order valence-corrected chi connectivity index (χ1v) is 12.2. The van der Waals surface area contributed by atoms with E-state index in [2.05, 4.69) is 15.6 Å². The van der Waals surface area contributed by atoms with E-state index in [1.807, 2.05) is 77.2 Å². The molecule has 0 aliphatic carbocycles. The van der Waals surface area contributed by atoms with Gasteiger partial charge in [-0.15, -0.1) is 0 Å². The Labute approximate surface area is 214 Å². The van der Waals surface area contributed by atoms with Gasteiger partial charge in [0, 0.05) is 42.4 Å². The quantitative estimate of drug-likeness (QED) is 0.337. The Kier molecular flexibility index (Phi) is 6.77. The van der Waals surface area contributed by atoms with Crippen LogP contribution in [0.15, 0.2) is 91.3 Å². The molecule has 0 bridgehead atoms. The van der Waals surface area contributed by atoms with E-state index >= 15 is 0 Å². The monoisotopic (exact) mass is 499 g/mol. The van der Waals surface area contributed by atoms with E-state index in [1.54, 1.807) is 18.3 Å². The summed E-state index contributed by atoms with van der Waals surface area (Å²) in [6, 6.07) is 23.4. The maximum absolute atomic E-state index is 13.6. The number of hydrogen-bond donors (Lipinski definition) is 2. The number of thiocarbonyl (C=S) groups is 1. The smallest absolute Gasteiger partial charge is 0.226 e. The molecule has 6 nitrogen and oxygen atoms in total. The average Bonchev–Trinajstić information content (AvgIpc) is 3.49. The van der Waals surface area contributed by atoms with Gasteiger partial charge in [0.1, 0.15) is 5.82 Å². The third kappa shape index (κ3) is 4.85. The highest BCUT2D eigenvalue weighted by Gasteiger charge is 2.41. The van der Waals surface area contributed by atoms with Crippen LogP contribution in [-0.2, 0) is 4.79 Å². The number of para-hydroxylation sites is 1. The second-order valence-corrected chi connectivity index (χ2v) is 9.10. The minimum atomic E-state index is -0.288. The fourth-order valence-corrected chi connectivity index (χ4v) is 4.92. The number of anilines is 1. The van der Waals surface area contributed by atoms with Gasteiger partial charge in [-0.3, -0.25) is 9.78 Å². The zero-order valence-electron chi connectivity index (χ0n) is 19.8. The maximum atomic E-state index is 13.6. The van der Waals surface area contributed by atoms with Crippen LogP contribution in [-0.4, -0.2) is 32.0 Å². The molecule has 3 heterocycles. The first-order valence-electron chi connectivity index (χ1n) is 11.8. The summed E-state index contributed by atoms with van der Waals surface area (Å²) < 4.78 is 15.6. The molecule has 1 saturated heterocycles. The van der Waals surface area contributed by atoms with Crippen LogP contribution in [0.5, 0.6) is 0 Å². The Morgan fingerprint density at radius 2 is 1.83 bits per heavy atom. The Morgan fingerprint density at radius 1 is 1.06 bits per heavy atom. The summed E-state index contributed by atoms with van der Waals surface area (Å²) in [5.41, 5.74) is 4.46.